The summed E-state index contributed by atoms with van der Waals surface area (Å²) in [6.45, 7) is 2.28. The molecule has 7 heteroatoms. The highest BCUT2D eigenvalue weighted by atomic mass is 32.2. The molecular formula is C32H27FN2O3S. The molecule has 5 nitrogen and oxygen atoms in total. The molecule has 1 fully saturated rings. The second-order valence-corrected chi connectivity index (χ2v) is 9.94. The molecule has 1 saturated heterocycles. The van der Waals surface area contributed by atoms with E-state index < -0.39 is 0 Å². The maximum Gasteiger partial charge on any atom is 0.267 e. The van der Waals surface area contributed by atoms with Crippen molar-refractivity contribution in [3.8, 4) is 11.5 Å². The van der Waals surface area contributed by atoms with E-state index in [0.717, 1.165) is 22.4 Å². The molecule has 0 spiro atoms. The van der Waals surface area contributed by atoms with Crippen LogP contribution in [-0.4, -0.2) is 23.1 Å². The van der Waals surface area contributed by atoms with Gasteiger partial charge in [-0.15, -0.1) is 0 Å². The van der Waals surface area contributed by atoms with Crippen molar-refractivity contribution < 1.29 is 18.7 Å². The van der Waals surface area contributed by atoms with E-state index in [4.69, 9.17) is 14.5 Å². The Hall–Kier alpha value is -4.36. The zero-order valence-corrected chi connectivity index (χ0v) is 22.4. The van der Waals surface area contributed by atoms with Crippen LogP contribution in [0.1, 0.15) is 29.7 Å². The van der Waals surface area contributed by atoms with Gasteiger partial charge in [-0.25, -0.2) is 9.38 Å². The number of rotatable bonds is 8. The number of methoxy groups -OCH3 is 1. The van der Waals surface area contributed by atoms with Gasteiger partial charge in [0, 0.05) is 0 Å². The number of para-hydroxylation sites is 1. The fourth-order valence-electron chi connectivity index (χ4n) is 4.19. The third kappa shape index (κ3) is 6.21. The summed E-state index contributed by atoms with van der Waals surface area (Å²) >= 11 is 1.35. The van der Waals surface area contributed by atoms with Crippen LogP contribution in [0.4, 0.5) is 10.1 Å². The molecule has 4 aromatic rings. The van der Waals surface area contributed by atoms with Crippen LogP contribution >= 0.6 is 11.8 Å². The maximum absolute atomic E-state index is 13.7. The third-order valence-corrected chi connectivity index (χ3v) is 7.26. The minimum atomic E-state index is -0.290. The zero-order valence-electron chi connectivity index (χ0n) is 21.6. The topological polar surface area (TPSA) is 51.1 Å². The van der Waals surface area contributed by atoms with E-state index in [0.29, 0.717) is 21.6 Å². The van der Waals surface area contributed by atoms with E-state index in [1.807, 2.05) is 91.9 Å². The van der Waals surface area contributed by atoms with Gasteiger partial charge in [0.2, 0.25) is 0 Å². The normalized spacial score (nSPS) is 16.1. The second-order valence-electron chi connectivity index (χ2n) is 8.93. The molecular weight excluding hydrogens is 511 g/mol. The van der Waals surface area contributed by atoms with Gasteiger partial charge < -0.3 is 9.47 Å². The highest BCUT2D eigenvalue weighted by molar-refractivity contribution is 8.18. The molecule has 0 bridgehead atoms. The van der Waals surface area contributed by atoms with Crippen molar-refractivity contribution in [3.05, 3.63) is 131 Å². The number of hydrogen-bond acceptors (Lipinski definition) is 5. The maximum atomic E-state index is 13.7. The van der Waals surface area contributed by atoms with E-state index in [-0.39, 0.29) is 24.4 Å². The quantitative estimate of drug-likeness (QED) is 0.215. The van der Waals surface area contributed by atoms with Crippen molar-refractivity contribution in [1.29, 1.82) is 0 Å². The monoisotopic (exact) mass is 538 g/mol. The molecule has 5 rings (SSSR count). The second kappa shape index (κ2) is 12.0. The number of halogens is 1. The van der Waals surface area contributed by atoms with Gasteiger partial charge in [-0.3, -0.25) is 9.69 Å². The zero-order chi connectivity index (χ0) is 27.2. The number of amides is 1. The number of nitrogens with zero attached hydrogens (tertiary/aromatic N) is 2. The Morgan fingerprint density at radius 2 is 1.62 bits per heavy atom. The first-order chi connectivity index (χ1) is 19.0. The summed E-state index contributed by atoms with van der Waals surface area (Å²) in [6.07, 6.45) is 1.84. The summed E-state index contributed by atoms with van der Waals surface area (Å²) in [5, 5.41) is 0.625. The van der Waals surface area contributed by atoms with E-state index in [2.05, 4.69) is 0 Å². The molecule has 1 amide bonds. The number of ether oxygens (including phenoxy) is 2. The molecule has 39 heavy (non-hydrogen) atoms. The van der Waals surface area contributed by atoms with Crippen LogP contribution in [0.25, 0.3) is 6.08 Å². The molecule has 1 aliphatic heterocycles. The Morgan fingerprint density at radius 1 is 0.923 bits per heavy atom. The number of hydrogen-bond donors (Lipinski definition) is 0. The van der Waals surface area contributed by atoms with Crippen molar-refractivity contribution in [3.63, 3.8) is 0 Å². The summed E-state index contributed by atoms with van der Waals surface area (Å²) in [5.74, 6) is 0.693. The first kappa shape index (κ1) is 26.3. The Balaban J connectivity index is 1.42. The first-order valence-corrected chi connectivity index (χ1v) is 13.3. The molecule has 0 radical (unpaired) electrons. The van der Waals surface area contributed by atoms with E-state index in [1.54, 1.807) is 24.1 Å². The predicted octanol–water partition coefficient (Wildman–Crippen LogP) is 7.78. The van der Waals surface area contributed by atoms with Crippen LogP contribution in [0.5, 0.6) is 11.5 Å². The Morgan fingerprint density at radius 3 is 2.31 bits per heavy atom. The number of amidine groups is 1. The fourth-order valence-corrected chi connectivity index (χ4v) is 5.25. The smallest absolute Gasteiger partial charge is 0.267 e. The Labute approximate surface area is 231 Å². The number of thioether (sulfide) groups is 1. The lowest BCUT2D eigenvalue weighted by Crippen LogP contribution is -2.32. The third-order valence-electron chi connectivity index (χ3n) is 6.28. The largest absolute Gasteiger partial charge is 0.493 e. The van der Waals surface area contributed by atoms with Gasteiger partial charge in [0.25, 0.3) is 5.91 Å². The number of aliphatic imine (C=N–C) groups is 1. The van der Waals surface area contributed by atoms with Gasteiger partial charge in [0.05, 0.1) is 23.7 Å². The molecule has 4 aromatic carbocycles. The van der Waals surface area contributed by atoms with Crippen LogP contribution in [0, 0.1) is 5.82 Å². The van der Waals surface area contributed by atoms with Gasteiger partial charge in [-0.05, 0) is 77.9 Å². The summed E-state index contributed by atoms with van der Waals surface area (Å²) < 4.78 is 24.7. The van der Waals surface area contributed by atoms with Crippen LogP contribution < -0.4 is 9.47 Å². The van der Waals surface area contributed by atoms with Crippen molar-refractivity contribution in [2.24, 2.45) is 4.99 Å². The van der Waals surface area contributed by atoms with Gasteiger partial charge in [0.1, 0.15) is 12.4 Å². The van der Waals surface area contributed by atoms with Crippen LogP contribution in [-0.2, 0) is 11.4 Å². The lowest BCUT2D eigenvalue weighted by atomic mass is 10.1. The molecule has 0 saturated carbocycles. The van der Waals surface area contributed by atoms with Crippen LogP contribution in [0.3, 0.4) is 0 Å². The van der Waals surface area contributed by atoms with Crippen LogP contribution in [0.15, 0.2) is 113 Å². The van der Waals surface area contributed by atoms with E-state index in [1.165, 1.54) is 23.9 Å². The predicted molar refractivity (Wildman–Crippen MR) is 155 cm³/mol. The molecule has 1 atom stereocenters. The Bertz CT molecular complexity index is 1510. The van der Waals surface area contributed by atoms with Gasteiger partial charge >= 0.3 is 0 Å². The molecule has 1 aliphatic rings. The summed E-state index contributed by atoms with van der Waals surface area (Å²) in [6, 6.07) is 31.0. The van der Waals surface area contributed by atoms with Gasteiger partial charge in [0.15, 0.2) is 16.7 Å². The standard InChI is InChI=1S/C32H27FN2O3S/c1-22(25-9-5-3-6-10-25)35-31(36)30(39-32(35)34-27-11-7-4-8-12-27)20-24-15-18-28(29(19-24)37-2)38-21-23-13-16-26(33)17-14-23/h3-20,22H,21H2,1-2H3/b30-20+,34-32?/t22-/m1/s1. The molecule has 0 N–H and O–H groups in total. The van der Waals surface area contributed by atoms with Crippen molar-refractivity contribution in [1.82, 2.24) is 4.90 Å². The highest BCUT2D eigenvalue weighted by Gasteiger charge is 2.37. The first-order valence-electron chi connectivity index (χ1n) is 12.5. The summed E-state index contributed by atoms with van der Waals surface area (Å²) in [5.41, 5.74) is 3.45. The molecule has 0 aromatic heterocycles. The number of carbonyl (C=O) groups is 1. The summed E-state index contributed by atoms with van der Waals surface area (Å²) in [7, 11) is 1.57. The van der Waals surface area contributed by atoms with E-state index in [9.17, 15) is 9.18 Å². The molecule has 0 aliphatic carbocycles. The van der Waals surface area contributed by atoms with E-state index >= 15 is 0 Å². The van der Waals surface area contributed by atoms with Crippen molar-refractivity contribution in [2.75, 3.05) is 7.11 Å². The average molecular weight is 539 g/mol. The fraction of sp³-hybridized carbons (Fsp3) is 0.125. The average Bonchev–Trinajstić information content (AvgIpc) is 3.27. The minimum absolute atomic E-state index is 0.110. The molecule has 1 heterocycles. The SMILES string of the molecule is COc1cc(/C=C2/SC(=Nc3ccccc3)N([C@H](C)c3ccccc3)C2=O)ccc1OCc1ccc(F)cc1. The number of benzene rings is 4. The molecule has 0 unspecified atom stereocenters. The van der Waals surface area contributed by atoms with Crippen molar-refractivity contribution >= 4 is 34.6 Å². The van der Waals surface area contributed by atoms with Crippen molar-refractivity contribution in [2.45, 2.75) is 19.6 Å². The minimum Gasteiger partial charge on any atom is -0.493 e. The number of carbonyl (C=O) groups excluding carboxylic acids is 1. The lowest BCUT2D eigenvalue weighted by molar-refractivity contribution is -0.123. The van der Waals surface area contributed by atoms with Gasteiger partial charge in [-0.2, -0.15) is 0 Å². The Kier molecular flexibility index (Phi) is 8.08. The molecule has 196 valence electrons. The summed E-state index contributed by atoms with van der Waals surface area (Å²) in [4.78, 5) is 20.8. The van der Waals surface area contributed by atoms with Crippen LogP contribution in [0.2, 0.25) is 0 Å². The van der Waals surface area contributed by atoms with Gasteiger partial charge in [-0.1, -0.05) is 66.7 Å². The lowest BCUT2D eigenvalue weighted by Gasteiger charge is -2.24. The highest BCUT2D eigenvalue weighted by Crippen LogP contribution is 2.40.